The fourth-order valence-corrected chi connectivity index (χ4v) is 6.56. The number of nitrogens with zero attached hydrogens (tertiary/aromatic N) is 2. The smallest absolute Gasteiger partial charge is 0.338 e. The molecule has 0 aliphatic carbocycles. The number of carbonyl (C=O) groups is 1. The van der Waals surface area contributed by atoms with Crippen LogP contribution in [0.1, 0.15) is 35.2 Å². The fourth-order valence-electron chi connectivity index (χ4n) is 5.05. The number of thiazole rings is 1. The fraction of sp³-hybridized carbons (Fsp3) is 0.114. The second-order valence-electron chi connectivity index (χ2n) is 10.1. The highest BCUT2D eigenvalue weighted by atomic mass is 79.9. The van der Waals surface area contributed by atoms with Crippen LogP contribution in [0.15, 0.2) is 117 Å². The Balaban J connectivity index is 1.46. The number of halogens is 3. The van der Waals surface area contributed by atoms with Gasteiger partial charge in [-0.1, -0.05) is 78.1 Å². The molecule has 4 aromatic carbocycles. The van der Waals surface area contributed by atoms with E-state index in [-0.39, 0.29) is 30.2 Å². The van der Waals surface area contributed by atoms with Crippen molar-refractivity contribution < 1.29 is 23.0 Å². The Morgan fingerprint density at radius 1 is 1.00 bits per heavy atom. The monoisotopic (exact) mass is 686 g/mol. The highest BCUT2D eigenvalue weighted by Crippen LogP contribution is 2.35. The van der Waals surface area contributed by atoms with Crippen LogP contribution in [0.5, 0.6) is 5.75 Å². The molecule has 0 spiro atoms. The predicted molar refractivity (Wildman–Crippen MR) is 172 cm³/mol. The van der Waals surface area contributed by atoms with Crippen LogP contribution in [0.2, 0.25) is 0 Å². The third-order valence-electron chi connectivity index (χ3n) is 7.15. The lowest BCUT2D eigenvalue weighted by Crippen LogP contribution is -2.40. The minimum absolute atomic E-state index is 0.0547. The van der Waals surface area contributed by atoms with Gasteiger partial charge in [-0.2, -0.15) is 0 Å². The largest absolute Gasteiger partial charge is 0.488 e. The van der Waals surface area contributed by atoms with Gasteiger partial charge in [0.25, 0.3) is 5.56 Å². The molecule has 6 rings (SSSR count). The Morgan fingerprint density at radius 3 is 2.44 bits per heavy atom. The highest BCUT2D eigenvalue weighted by Gasteiger charge is 2.35. The first kappa shape index (κ1) is 30.4. The van der Waals surface area contributed by atoms with Gasteiger partial charge in [0.05, 0.1) is 32.9 Å². The number of fused-ring (bicyclic) bond motifs is 1. The Bertz CT molecular complexity index is 2110. The number of benzene rings is 4. The average molecular weight is 688 g/mol. The van der Waals surface area contributed by atoms with Gasteiger partial charge in [0.15, 0.2) is 4.80 Å². The Labute approximate surface area is 269 Å². The van der Waals surface area contributed by atoms with Gasteiger partial charge in [-0.3, -0.25) is 9.36 Å². The second kappa shape index (κ2) is 13.1. The van der Waals surface area contributed by atoms with E-state index in [1.807, 2.05) is 30.3 Å². The van der Waals surface area contributed by atoms with Gasteiger partial charge in [0.2, 0.25) is 0 Å². The normalized spacial score (nSPS) is 14.6. The minimum atomic E-state index is -0.904. The zero-order chi connectivity index (χ0) is 31.5. The third kappa shape index (κ3) is 6.29. The molecule has 0 radical (unpaired) electrons. The van der Waals surface area contributed by atoms with E-state index < -0.39 is 17.8 Å². The lowest BCUT2D eigenvalue weighted by molar-refractivity contribution is -0.138. The quantitative estimate of drug-likeness (QED) is 0.174. The molecule has 5 aromatic rings. The Morgan fingerprint density at radius 2 is 1.73 bits per heavy atom. The van der Waals surface area contributed by atoms with Crippen LogP contribution in [-0.4, -0.2) is 17.1 Å². The van der Waals surface area contributed by atoms with Crippen LogP contribution in [0.25, 0.3) is 11.8 Å². The van der Waals surface area contributed by atoms with Crippen LogP contribution in [0.3, 0.4) is 0 Å². The van der Waals surface area contributed by atoms with Crippen molar-refractivity contribution in [2.45, 2.75) is 19.6 Å². The van der Waals surface area contributed by atoms with Crippen molar-refractivity contribution in [1.29, 1.82) is 0 Å². The summed E-state index contributed by atoms with van der Waals surface area (Å²) in [6.07, 6.45) is 1.73. The molecule has 6 nitrogen and oxygen atoms in total. The molecule has 1 aliphatic rings. The van der Waals surface area contributed by atoms with Crippen molar-refractivity contribution in [2.24, 2.45) is 4.99 Å². The molecule has 45 heavy (non-hydrogen) atoms. The van der Waals surface area contributed by atoms with E-state index in [1.54, 1.807) is 61.5 Å². The second-order valence-corrected chi connectivity index (χ2v) is 11.9. The van der Waals surface area contributed by atoms with Crippen LogP contribution in [-0.2, 0) is 16.1 Å². The molecule has 1 aliphatic heterocycles. The van der Waals surface area contributed by atoms with Crippen molar-refractivity contribution >= 4 is 45.0 Å². The van der Waals surface area contributed by atoms with E-state index >= 15 is 0 Å². The zero-order valence-electron chi connectivity index (χ0n) is 23.9. The van der Waals surface area contributed by atoms with E-state index in [0.717, 1.165) is 0 Å². The van der Waals surface area contributed by atoms with Crippen molar-refractivity contribution in [3.8, 4) is 5.75 Å². The number of ether oxygens (including phenoxy) is 2. The number of aromatic nitrogens is 1. The van der Waals surface area contributed by atoms with Gasteiger partial charge in [0, 0.05) is 11.1 Å². The molecule has 2 heterocycles. The molecule has 0 saturated heterocycles. The van der Waals surface area contributed by atoms with Crippen LogP contribution >= 0.6 is 27.3 Å². The first-order valence-corrected chi connectivity index (χ1v) is 15.6. The molecular weight excluding hydrogens is 662 g/mol. The van der Waals surface area contributed by atoms with E-state index in [9.17, 15) is 18.4 Å². The summed E-state index contributed by atoms with van der Waals surface area (Å²) in [5.74, 6) is -0.887. The van der Waals surface area contributed by atoms with Crippen molar-refractivity contribution in [2.75, 3.05) is 6.61 Å². The van der Waals surface area contributed by atoms with Crippen LogP contribution < -0.4 is 19.6 Å². The molecule has 1 atom stereocenters. The lowest BCUT2D eigenvalue weighted by Gasteiger charge is -2.25. The summed E-state index contributed by atoms with van der Waals surface area (Å²) in [6.45, 7) is 1.89. The van der Waals surface area contributed by atoms with Crippen molar-refractivity contribution in [1.82, 2.24) is 4.57 Å². The first-order valence-electron chi connectivity index (χ1n) is 14.0. The summed E-state index contributed by atoms with van der Waals surface area (Å²) >= 11 is 4.70. The first-order chi connectivity index (χ1) is 21.8. The molecule has 1 aromatic heterocycles. The third-order valence-corrected chi connectivity index (χ3v) is 8.76. The zero-order valence-corrected chi connectivity index (χ0v) is 26.3. The van der Waals surface area contributed by atoms with Gasteiger partial charge in [0.1, 0.15) is 24.0 Å². The molecule has 0 amide bonds. The van der Waals surface area contributed by atoms with E-state index in [4.69, 9.17) is 14.5 Å². The maximum atomic E-state index is 14.0. The molecule has 0 bridgehead atoms. The summed E-state index contributed by atoms with van der Waals surface area (Å²) in [6, 6.07) is 25.7. The maximum Gasteiger partial charge on any atom is 0.338 e. The Hall–Kier alpha value is -4.67. The van der Waals surface area contributed by atoms with Crippen LogP contribution in [0, 0.1) is 11.6 Å². The van der Waals surface area contributed by atoms with E-state index in [2.05, 4.69) is 15.9 Å². The SMILES string of the molecule is CCOC(=O)C1=C(c2ccccc2)N=c2s/c(=C\c3ccc(OCc4ccccc4F)c(Br)c3)c(=O)n2[C@H]1c1ccc(F)cc1. The summed E-state index contributed by atoms with van der Waals surface area (Å²) < 4.78 is 41.8. The van der Waals surface area contributed by atoms with Crippen LogP contribution in [0.4, 0.5) is 8.78 Å². The minimum Gasteiger partial charge on any atom is -0.488 e. The van der Waals surface area contributed by atoms with E-state index in [0.29, 0.717) is 47.5 Å². The van der Waals surface area contributed by atoms with Gasteiger partial charge in [-0.05, 0) is 70.4 Å². The average Bonchev–Trinajstić information content (AvgIpc) is 3.35. The number of esters is 1. The number of hydrogen-bond acceptors (Lipinski definition) is 6. The summed E-state index contributed by atoms with van der Waals surface area (Å²) in [7, 11) is 0. The number of hydrogen-bond donors (Lipinski definition) is 0. The summed E-state index contributed by atoms with van der Waals surface area (Å²) in [5, 5.41) is 0. The highest BCUT2D eigenvalue weighted by molar-refractivity contribution is 9.10. The summed E-state index contributed by atoms with van der Waals surface area (Å²) in [4.78, 5) is 32.8. The standard InChI is InChI=1S/C35H25BrF2N2O4S/c1-2-43-34(42)30-31(22-8-4-3-5-9-22)39-35-40(32(30)23-13-15-25(37)16-14-23)33(41)29(45-35)19-21-12-17-28(26(36)18-21)44-20-24-10-6-7-11-27(24)38/h3-19,32H,2,20H2,1H3/b29-19-/t32-/m0/s1. The van der Waals surface area contributed by atoms with Gasteiger partial charge in [-0.15, -0.1) is 0 Å². The molecule has 10 heteroatoms. The van der Waals surface area contributed by atoms with Crippen molar-refractivity contribution in [3.63, 3.8) is 0 Å². The molecule has 226 valence electrons. The van der Waals surface area contributed by atoms with Gasteiger partial charge in [-0.25, -0.2) is 18.6 Å². The predicted octanol–water partition coefficient (Wildman–Crippen LogP) is 6.56. The maximum absolute atomic E-state index is 14.0. The lowest BCUT2D eigenvalue weighted by atomic mass is 9.93. The number of rotatable bonds is 8. The molecule has 0 unspecified atom stereocenters. The van der Waals surface area contributed by atoms with Gasteiger partial charge < -0.3 is 9.47 Å². The molecular formula is C35H25BrF2N2O4S. The summed E-state index contributed by atoms with van der Waals surface area (Å²) in [5.41, 5.74) is 2.56. The Kier molecular flexibility index (Phi) is 8.86. The van der Waals surface area contributed by atoms with E-state index in [1.165, 1.54) is 34.1 Å². The van der Waals surface area contributed by atoms with Gasteiger partial charge >= 0.3 is 5.97 Å². The van der Waals surface area contributed by atoms with Crippen molar-refractivity contribution in [3.05, 3.63) is 161 Å². The molecule has 0 fully saturated rings. The molecule has 0 N–H and O–H groups in total. The topological polar surface area (TPSA) is 69.9 Å². The molecule has 0 saturated carbocycles. The number of carbonyl (C=O) groups excluding carboxylic acids is 1.